The lowest BCUT2D eigenvalue weighted by atomic mass is 10.0. The van der Waals surface area contributed by atoms with Gasteiger partial charge in [-0.1, -0.05) is 49.7 Å². The van der Waals surface area contributed by atoms with Crippen molar-refractivity contribution < 1.29 is 18.7 Å². The fourth-order valence-corrected chi connectivity index (χ4v) is 3.85. The minimum Gasteiger partial charge on any atom is -0.379 e. The third-order valence-electron chi connectivity index (χ3n) is 5.63. The van der Waals surface area contributed by atoms with Crippen molar-refractivity contribution >= 4 is 11.7 Å². The summed E-state index contributed by atoms with van der Waals surface area (Å²) in [7, 11) is 0. The molecule has 1 fully saturated rings. The highest BCUT2D eigenvalue weighted by atomic mass is 19.1. The van der Waals surface area contributed by atoms with Crippen LogP contribution in [0.15, 0.2) is 48.5 Å². The predicted molar refractivity (Wildman–Crippen MR) is 119 cm³/mol. The Kier molecular flexibility index (Phi) is 8.74. The van der Waals surface area contributed by atoms with Crippen LogP contribution in [-0.2, 0) is 16.0 Å². The number of Topliss-reactive ketones (excluding diaryl/α,β-unsaturated/α-hetero) is 1. The first-order chi connectivity index (χ1) is 15.1. The van der Waals surface area contributed by atoms with E-state index in [4.69, 9.17) is 4.74 Å². The Morgan fingerprint density at radius 2 is 1.71 bits per heavy atom. The number of ketones is 1. The normalized spacial score (nSPS) is 15.4. The van der Waals surface area contributed by atoms with E-state index in [1.54, 1.807) is 12.1 Å². The molecule has 166 valence electrons. The van der Waals surface area contributed by atoms with E-state index in [2.05, 4.69) is 17.1 Å². The highest BCUT2D eigenvalue weighted by Crippen LogP contribution is 2.22. The number of nitrogens with zero attached hydrogens (tertiary/aromatic N) is 1. The predicted octanol–water partition coefficient (Wildman–Crippen LogP) is 3.93. The van der Waals surface area contributed by atoms with Gasteiger partial charge in [-0.15, -0.1) is 0 Å². The number of halogens is 1. The molecule has 0 bridgehead atoms. The van der Waals surface area contributed by atoms with E-state index in [-0.39, 0.29) is 36.4 Å². The van der Waals surface area contributed by atoms with Gasteiger partial charge in [-0.05, 0) is 29.7 Å². The standard InChI is InChI=1S/C25H31FN2O3/c1-2-3-19-4-6-21(7-5-19)24(29)12-13-25(30)27-18-23(28-14-16-31-17-15-28)20-8-10-22(26)11-9-20/h4-11,23H,2-3,12-18H2,1H3,(H,27,30). The summed E-state index contributed by atoms with van der Waals surface area (Å²) >= 11 is 0. The molecule has 2 aromatic rings. The van der Waals surface area contributed by atoms with Gasteiger partial charge in [0.2, 0.25) is 5.91 Å². The lowest BCUT2D eigenvalue weighted by molar-refractivity contribution is -0.121. The van der Waals surface area contributed by atoms with Crippen LogP contribution in [0, 0.1) is 5.82 Å². The molecule has 5 nitrogen and oxygen atoms in total. The summed E-state index contributed by atoms with van der Waals surface area (Å²) in [4.78, 5) is 27.1. The molecular weight excluding hydrogens is 395 g/mol. The fraction of sp³-hybridized carbons (Fsp3) is 0.440. The summed E-state index contributed by atoms with van der Waals surface area (Å²) in [5, 5.41) is 2.96. The number of ether oxygens (including phenoxy) is 1. The van der Waals surface area contributed by atoms with Crippen molar-refractivity contribution in [2.75, 3.05) is 32.8 Å². The van der Waals surface area contributed by atoms with Crippen molar-refractivity contribution in [3.8, 4) is 0 Å². The second-order valence-corrected chi connectivity index (χ2v) is 7.89. The molecule has 3 rings (SSSR count). The first-order valence-electron chi connectivity index (χ1n) is 11.0. The number of rotatable bonds is 10. The Bertz CT molecular complexity index is 846. The van der Waals surface area contributed by atoms with Gasteiger partial charge in [0.1, 0.15) is 5.82 Å². The lowest BCUT2D eigenvalue weighted by Crippen LogP contribution is -2.43. The Morgan fingerprint density at radius 1 is 1.03 bits per heavy atom. The summed E-state index contributed by atoms with van der Waals surface area (Å²) in [5.74, 6) is -0.465. The third kappa shape index (κ3) is 6.97. The Balaban J connectivity index is 1.52. The molecule has 1 saturated heterocycles. The average molecular weight is 427 g/mol. The van der Waals surface area contributed by atoms with Crippen LogP contribution in [0.25, 0.3) is 0 Å². The van der Waals surface area contributed by atoms with E-state index in [1.165, 1.54) is 17.7 Å². The number of amides is 1. The Labute approximate surface area is 183 Å². The van der Waals surface area contributed by atoms with Gasteiger partial charge in [-0.2, -0.15) is 0 Å². The van der Waals surface area contributed by atoms with Crippen LogP contribution in [0.1, 0.15) is 53.7 Å². The number of hydrogen-bond donors (Lipinski definition) is 1. The van der Waals surface area contributed by atoms with Crippen molar-refractivity contribution in [3.05, 3.63) is 71.0 Å². The molecule has 0 aliphatic carbocycles. The largest absolute Gasteiger partial charge is 0.379 e. The maximum Gasteiger partial charge on any atom is 0.220 e. The van der Waals surface area contributed by atoms with Crippen molar-refractivity contribution in [1.82, 2.24) is 10.2 Å². The number of nitrogens with one attached hydrogen (secondary N) is 1. The molecule has 1 amide bonds. The van der Waals surface area contributed by atoms with Crippen LogP contribution >= 0.6 is 0 Å². The van der Waals surface area contributed by atoms with Crippen LogP contribution < -0.4 is 5.32 Å². The van der Waals surface area contributed by atoms with Gasteiger partial charge in [-0.3, -0.25) is 14.5 Å². The zero-order chi connectivity index (χ0) is 22.1. The quantitative estimate of drug-likeness (QED) is 0.585. The first-order valence-corrected chi connectivity index (χ1v) is 11.0. The molecule has 1 unspecified atom stereocenters. The number of hydrogen-bond acceptors (Lipinski definition) is 4. The molecule has 2 aromatic carbocycles. The van der Waals surface area contributed by atoms with E-state index in [9.17, 15) is 14.0 Å². The molecular formula is C25H31FN2O3. The summed E-state index contributed by atoms with van der Waals surface area (Å²) in [6.45, 7) is 5.31. The maximum atomic E-state index is 13.3. The van der Waals surface area contributed by atoms with Crippen molar-refractivity contribution in [2.45, 2.75) is 38.6 Å². The first kappa shape index (κ1) is 23.1. The molecule has 1 atom stereocenters. The van der Waals surface area contributed by atoms with Gasteiger partial charge < -0.3 is 10.1 Å². The molecule has 1 aliphatic heterocycles. The maximum absolute atomic E-state index is 13.3. The van der Waals surface area contributed by atoms with Gasteiger partial charge in [0.15, 0.2) is 5.78 Å². The number of aryl methyl sites for hydroxylation is 1. The zero-order valence-electron chi connectivity index (χ0n) is 18.1. The van der Waals surface area contributed by atoms with Crippen molar-refractivity contribution in [1.29, 1.82) is 0 Å². The van der Waals surface area contributed by atoms with Crippen molar-refractivity contribution in [2.24, 2.45) is 0 Å². The topological polar surface area (TPSA) is 58.6 Å². The van der Waals surface area contributed by atoms with Gasteiger partial charge in [0.05, 0.1) is 19.3 Å². The molecule has 1 N–H and O–H groups in total. The Morgan fingerprint density at radius 3 is 2.35 bits per heavy atom. The SMILES string of the molecule is CCCc1ccc(C(=O)CCC(=O)NCC(c2ccc(F)cc2)N2CCOCC2)cc1. The lowest BCUT2D eigenvalue weighted by Gasteiger charge is -2.35. The molecule has 1 heterocycles. The fourth-order valence-electron chi connectivity index (χ4n) is 3.85. The van der Waals surface area contributed by atoms with E-state index in [1.807, 2.05) is 24.3 Å². The van der Waals surface area contributed by atoms with E-state index in [0.29, 0.717) is 25.3 Å². The van der Waals surface area contributed by atoms with Gasteiger partial charge >= 0.3 is 0 Å². The summed E-state index contributed by atoms with van der Waals surface area (Å²) in [5.41, 5.74) is 2.81. The second-order valence-electron chi connectivity index (χ2n) is 7.89. The number of morpholine rings is 1. The van der Waals surface area contributed by atoms with E-state index >= 15 is 0 Å². The molecule has 31 heavy (non-hydrogen) atoms. The summed E-state index contributed by atoms with van der Waals surface area (Å²) < 4.78 is 18.8. The van der Waals surface area contributed by atoms with Crippen LogP contribution in [-0.4, -0.2) is 49.4 Å². The van der Waals surface area contributed by atoms with Crippen LogP contribution in [0.2, 0.25) is 0 Å². The number of benzene rings is 2. The molecule has 0 spiro atoms. The Hall–Kier alpha value is -2.57. The summed E-state index contributed by atoms with van der Waals surface area (Å²) in [6, 6.07) is 14.0. The van der Waals surface area contributed by atoms with Crippen molar-refractivity contribution in [3.63, 3.8) is 0 Å². The monoisotopic (exact) mass is 426 g/mol. The second kappa shape index (κ2) is 11.7. The molecule has 1 aliphatic rings. The molecule has 6 heteroatoms. The van der Waals surface area contributed by atoms with Gasteiger partial charge in [0.25, 0.3) is 0 Å². The van der Waals surface area contributed by atoms with Crippen LogP contribution in [0.4, 0.5) is 4.39 Å². The summed E-state index contributed by atoms with van der Waals surface area (Å²) in [6.07, 6.45) is 2.39. The number of carbonyl (C=O) groups is 2. The van der Waals surface area contributed by atoms with Crippen LogP contribution in [0.3, 0.4) is 0 Å². The molecule has 0 aromatic heterocycles. The van der Waals surface area contributed by atoms with E-state index in [0.717, 1.165) is 31.5 Å². The van der Waals surface area contributed by atoms with Gasteiger partial charge in [0, 0.05) is 38.0 Å². The smallest absolute Gasteiger partial charge is 0.220 e. The van der Waals surface area contributed by atoms with Crippen LogP contribution in [0.5, 0.6) is 0 Å². The molecule has 0 saturated carbocycles. The third-order valence-corrected chi connectivity index (χ3v) is 5.63. The highest BCUT2D eigenvalue weighted by molar-refractivity contribution is 5.97. The minimum absolute atomic E-state index is 0.0264. The average Bonchev–Trinajstić information content (AvgIpc) is 2.80. The minimum atomic E-state index is -0.283. The molecule has 0 radical (unpaired) electrons. The van der Waals surface area contributed by atoms with Gasteiger partial charge in [-0.25, -0.2) is 4.39 Å². The van der Waals surface area contributed by atoms with E-state index < -0.39 is 0 Å². The number of carbonyl (C=O) groups excluding carboxylic acids is 2. The zero-order valence-corrected chi connectivity index (χ0v) is 18.1. The highest BCUT2D eigenvalue weighted by Gasteiger charge is 2.23.